The van der Waals surface area contributed by atoms with Gasteiger partial charge < -0.3 is 4.42 Å². The predicted octanol–water partition coefficient (Wildman–Crippen LogP) is 5.35. The van der Waals surface area contributed by atoms with Crippen LogP contribution in [0.15, 0.2) is 65.3 Å². The number of hydrogen-bond acceptors (Lipinski definition) is 4. The standard InChI is InChI=1S/C21H18N2O2S/c1-14-10-11-15(2)19-18(14)22-21(26-19)23(13-16-7-4-3-5-8-16)20(24)17-9-6-12-25-17/h3-12H,13H2,1-2H3. The van der Waals surface area contributed by atoms with E-state index in [1.165, 1.54) is 11.8 Å². The highest BCUT2D eigenvalue weighted by atomic mass is 32.1. The van der Waals surface area contributed by atoms with Crippen molar-refractivity contribution in [1.82, 2.24) is 4.98 Å². The average molecular weight is 362 g/mol. The Morgan fingerprint density at radius 2 is 1.81 bits per heavy atom. The number of fused-ring (bicyclic) bond motifs is 1. The first kappa shape index (κ1) is 16.5. The number of rotatable bonds is 4. The normalized spacial score (nSPS) is 11.0. The van der Waals surface area contributed by atoms with Crippen molar-refractivity contribution in [2.75, 3.05) is 4.90 Å². The minimum atomic E-state index is -0.187. The van der Waals surface area contributed by atoms with Crippen molar-refractivity contribution in [3.8, 4) is 0 Å². The lowest BCUT2D eigenvalue weighted by molar-refractivity contribution is 0.0958. The molecule has 2 aromatic carbocycles. The van der Waals surface area contributed by atoms with E-state index in [9.17, 15) is 4.79 Å². The summed E-state index contributed by atoms with van der Waals surface area (Å²) < 4.78 is 6.46. The van der Waals surface area contributed by atoms with Crippen LogP contribution in [0.1, 0.15) is 27.2 Å². The first-order valence-electron chi connectivity index (χ1n) is 8.39. The van der Waals surface area contributed by atoms with Gasteiger partial charge in [0.05, 0.1) is 23.0 Å². The minimum absolute atomic E-state index is 0.187. The maximum atomic E-state index is 13.1. The highest BCUT2D eigenvalue weighted by Gasteiger charge is 2.24. The third kappa shape index (κ3) is 3.02. The van der Waals surface area contributed by atoms with E-state index in [0.717, 1.165) is 21.3 Å². The van der Waals surface area contributed by atoms with Crippen molar-refractivity contribution in [3.05, 3.63) is 83.3 Å². The van der Waals surface area contributed by atoms with E-state index in [2.05, 4.69) is 19.1 Å². The molecule has 0 aliphatic carbocycles. The van der Waals surface area contributed by atoms with Gasteiger partial charge in [-0.2, -0.15) is 0 Å². The summed E-state index contributed by atoms with van der Waals surface area (Å²) in [5.74, 6) is 0.127. The number of aryl methyl sites for hydroxylation is 2. The molecule has 4 nitrogen and oxygen atoms in total. The van der Waals surface area contributed by atoms with Crippen molar-refractivity contribution in [2.45, 2.75) is 20.4 Å². The Kier molecular flexibility index (Phi) is 4.31. The van der Waals surface area contributed by atoms with E-state index in [1.807, 2.05) is 37.3 Å². The predicted molar refractivity (Wildman–Crippen MR) is 105 cm³/mol. The van der Waals surface area contributed by atoms with Crippen LogP contribution in [0.3, 0.4) is 0 Å². The summed E-state index contributed by atoms with van der Waals surface area (Å²) in [6, 6.07) is 17.5. The Balaban J connectivity index is 1.81. The molecule has 5 heteroatoms. The van der Waals surface area contributed by atoms with E-state index in [0.29, 0.717) is 17.4 Å². The van der Waals surface area contributed by atoms with Gasteiger partial charge in [0.1, 0.15) is 0 Å². The molecule has 0 saturated carbocycles. The fraction of sp³-hybridized carbons (Fsp3) is 0.143. The molecule has 0 N–H and O–H groups in total. The molecule has 4 aromatic rings. The van der Waals surface area contributed by atoms with Crippen LogP contribution >= 0.6 is 11.3 Å². The molecule has 4 rings (SSSR count). The molecule has 0 saturated heterocycles. The first-order chi connectivity index (χ1) is 12.6. The lowest BCUT2D eigenvalue weighted by Crippen LogP contribution is -2.30. The van der Waals surface area contributed by atoms with Gasteiger partial charge in [-0.25, -0.2) is 4.98 Å². The van der Waals surface area contributed by atoms with E-state index in [4.69, 9.17) is 9.40 Å². The van der Waals surface area contributed by atoms with Gasteiger partial charge in [0.15, 0.2) is 10.9 Å². The largest absolute Gasteiger partial charge is 0.459 e. The molecule has 26 heavy (non-hydrogen) atoms. The van der Waals surface area contributed by atoms with Gasteiger partial charge in [0.25, 0.3) is 5.91 Å². The fourth-order valence-corrected chi connectivity index (χ4v) is 4.00. The average Bonchev–Trinajstić information content (AvgIpc) is 3.33. The molecule has 130 valence electrons. The van der Waals surface area contributed by atoms with Gasteiger partial charge in [0, 0.05) is 0 Å². The molecule has 1 amide bonds. The van der Waals surface area contributed by atoms with Gasteiger partial charge >= 0.3 is 0 Å². The number of nitrogens with zero attached hydrogens (tertiary/aromatic N) is 2. The van der Waals surface area contributed by atoms with E-state index in [-0.39, 0.29) is 5.91 Å². The SMILES string of the molecule is Cc1ccc(C)c2sc(N(Cc3ccccc3)C(=O)c3ccco3)nc12. The number of hydrogen-bond donors (Lipinski definition) is 0. The Bertz CT molecular complexity index is 1010. The van der Waals surface area contributed by atoms with Crippen LogP contribution < -0.4 is 4.90 Å². The minimum Gasteiger partial charge on any atom is -0.459 e. The molecule has 0 aliphatic rings. The Morgan fingerprint density at radius 1 is 1.04 bits per heavy atom. The highest BCUT2D eigenvalue weighted by Crippen LogP contribution is 2.34. The molecule has 0 spiro atoms. The van der Waals surface area contributed by atoms with Crippen LogP contribution in [-0.4, -0.2) is 10.9 Å². The van der Waals surface area contributed by atoms with Crippen LogP contribution in [0, 0.1) is 13.8 Å². The molecule has 0 aliphatic heterocycles. The van der Waals surface area contributed by atoms with Crippen molar-refractivity contribution in [2.24, 2.45) is 0 Å². The topological polar surface area (TPSA) is 46.3 Å². The molecule has 0 fully saturated rings. The number of anilines is 1. The molecule has 2 heterocycles. The zero-order valence-corrected chi connectivity index (χ0v) is 15.4. The number of amides is 1. The second-order valence-electron chi connectivity index (χ2n) is 6.23. The van der Waals surface area contributed by atoms with Crippen LogP contribution in [0.4, 0.5) is 5.13 Å². The number of benzene rings is 2. The van der Waals surface area contributed by atoms with Gasteiger partial charge in [-0.15, -0.1) is 0 Å². The maximum Gasteiger partial charge on any atom is 0.296 e. The lowest BCUT2D eigenvalue weighted by Gasteiger charge is -2.18. The van der Waals surface area contributed by atoms with Crippen LogP contribution in [0.2, 0.25) is 0 Å². The monoisotopic (exact) mass is 362 g/mol. The Labute approximate surface area is 155 Å². The molecule has 0 unspecified atom stereocenters. The Hall–Kier alpha value is -2.92. The molecular formula is C21H18N2O2S. The second-order valence-corrected chi connectivity index (χ2v) is 7.21. The quantitative estimate of drug-likeness (QED) is 0.491. The zero-order chi connectivity index (χ0) is 18.1. The van der Waals surface area contributed by atoms with Gasteiger partial charge in [-0.05, 0) is 42.7 Å². The summed E-state index contributed by atoms with van der Waals surface area (Å²) in [4.78, 5) is 19.5. The van der Waals surface area contributed by atoms with Gasteiger partial charge in [-0.1, -0.05) is 53.8 Å². The first-order valence-corrected chi connectivity index (χ1v) is 9.21. The van der Waals surface area contributed by atoms with Crippen LogP contribution in [0.5, 0.6) is 0 Å². The number of carbonyl (C=O) groups is 1. The zero-order valence-electron chi connectivity index (χ0n) is 14.6. The summed E-state index contributed by atoms with van der Waals surface area (Å²) in [5.41, 5.74) is 4.27. The number of carbonyl (C=O) groups excluding carboxylic acids is 1. The molecule has 2 aromatic heterocycles. The molecule has 0 atom stereocenters. The molecule has 0 bridgehead atoms. The van der Waals surface area contributed by atoms with Crippen LogP contribution in [-0.2, 0) is 6.54 Å². The summed E-state index contributed by atoms with van der Waals surface area (Å²) in [6.07, 6.45) is 1.51. The number of furan rings is 1. The van der Waals surface area contributed by atoms with E-state index < -0.39 is 0 Å². The molecular weight excluding hydrogens is 344 g/mol. The van der Waals surface area contributed by atoms with Crippen molar-refractivity contribution >= 4 is 32.6 Å². The number of thiazole rings is 1. The highest BCUT2D eigenvalue weighted by molar-refractivity contribution is 7.22. The van der Waals surface area contributed by atoms with Gasteiger partial charge in [-0.3, -0.25) is 9.69 Å². The summed E-state index contributed by atoms with van der Waals surface area (Å²) in [7, 11) is 0. The van der Waals surface area contributed by atoms with Crippen molar-refractivity contribution in [1.29, 1.82) is 0 Å². The second kappa shape index (κ2) is 6.77. The lowest BCUT2D eigenvalue weighted by atomic mass is 10.1. The third-order valence-corrected chi connectivity index (χ3v) is 5.54. The summed E-state index contributed by atoms with van der Waals surface area (Å²) in [6.45, 7) is 4.55. The smallest absolute Gasteiger partial charge is 0.296 e. The molecule has 0 radical (unpaired) electrons. The third-order valence-electron chi connectivity index (χ3n) is 4.32. The van der Waals surface area contributed by atoms with Crippen molar-refractivity contribution in [3.63, 3.8) is 0 Å². The number of aromatic nitrogens is 1. The van der Waals surface area contributed by atoms with Gasteiger partial charge in [0.2, 0.25) is 0 Å². The Morgan fingerprint density at radius 3 is 2.50 bits per heavy atom. The fourth-order valence-electron chi connectivity index (χ4n) is 2.89. The van der Waals surface area contributed by atoms with Crippen molar-refractivity contribution < 1.29 is 9.21 Å². The maximum absolute atomic E-state index is 13.1. The van der Waals surface area contributed by atoms with Crippen LogP contribution in [0.25, 0.3) is 10.2 Å². The van der Waals surface area contributed by atoms with E-state index >= 15 is 0 Å². The summed E-state index contributed by atoms with van der Waals surface area (Å²) in [5, 5.41) is 0.683. The van der Waals surface area contributed by atoms with E-state index in [1.54, 1.807) is 28.4 Å². The summed E-state index contributed by atoms with van der Waals surface area (Å²) >= 11 is 1.54.